The zero-order valence-corrected chi connectivity index (χ0v) is 16.0. The maximum atomic E-state index is 10.1. The van der Waals surface area contributed by atoms with Gasteiger partial charge in [-0.05, 0) is 30.3 Å². The molecule has 0 aliphatic rings. The number of benzene rings is 2. The third-order valence-electron chi connectivity index (χ3n) is 3.83. The molecule has 0 radical (unpaired) electrons. The number of fused-ring (bicyclic) bond motifs is 1. The van der Waals surface area contributed by atoms with Gasteiger partial charge < -0.3 is 14.8 Å². The van der Waals surface area contributed by atoms with Gasteiger partial charge in [-0.15, -0.1) is 21.6 Å². The van der Waals surface area contributed by atoms with E-state index in [2.05, 4.69) is 36.1 Å². The Bertz CT molecular complexity index is 1100. The van der Waals surface area contributed by atoms with Gasteiger partial charge in [0.25, 0.3) is 0 Å². The Kier molecular flexibility index (Phi) is 4.44. The summed E-state index contributed by atoms with van der Waals surface area (Å²) in [5.41, 5.74) is 2.96. The molecule has 8 heteroatoms. The molecule has 0 aliphatic carbocycles. The second-order valence-corrected chi connectivity index (χ2v) is 7.21. The van der Waals surface area contributed by atoms with Crippen molar-refractivity contribution >= 4 is 49.0 Å². The Morgan fingerprint density at radius 1 is 1.15 bits per heavy atom. The topological polar surface area (TPSA) is 82.9 Å². The van der Waals surface area contributed by atoms with Crippen molar-refractivity contribution in [3.8, 4) is 22.9 Å². The van der Waals surface area contributed by atoms with Gasteiger partial charge in [0.1, 0.15) is 5.75 Å². The van der Waals surface area contributed by atoms with Crippen LogP contribution in [0.25, 0.3) is 22.2 Å². The number of thiazole rings is 1. The Morgan fingerprint density at radius 2 is 1.96 bits per heavy atom. The smallest absolute Gasteiger partial charge is 0.230 e. The van der Waals surface area contributed by atoms with Crippen LogP contribution in [0.4, 0.5) is 10.8 Å². The van der Waals surface area contributed by atoms with Crippen LogP contribution in [0, 0.1) is 0 Å². The number of aromatic amines is 1. The summed E-state index contributed by atoms with van der Waals surface area (Å²) in [6.07, 6.45) is 0. The summed E-state index contributed by atoms with van der Waals surface area (Å²) in [6.45, 7) is 0. The molecule has 2 N–H and O–H groups in total. The lowest BCUT2D eigenvalue weighted by Crippen LogP contribution is -1.80. The average molecular weight is 429 g/mol. The van der Waals surface area contributed by atoms with E-state index in [4.69, 9.17) is 4.74 Å². The van der Waals surface area contributed by atoms with E-state index >= 15 is 0 Å². The molecule has 0 saturated carbocycles. The van der Waals surface area contributed by atoms with Crippen molar-refractivity contribution in [2.75, 3.05) is 7.11 Å². The molecule has 4 rings (SSSR count). The Labute approximate surface area is 161 Å². The molecule has 0 unspecified atom stereocenters. The average Bonchev–Trinajstić information content (AvgIpc) is 3.24. The number of H-pyrrole nitrogens is 1. The van der Waals surface area contributed by atoms with Gasteiger partial charge in [-0.1, -0.05) is 28.1 Å². The standard InChI is InChI=1S/C18H13BrN4O2S/c1-25-12-6-7-14-13(8-12)16(17(24)20-14)22-23-18-21-15(9-26-18)10-2-4-11(19)5-3-10/h2-9,20,24H,1H3. The summed E-state index contributed by atoms with van der Waals surface area (Å²) in [6, 6.07) is 13.3. The first kappa shape index (κ1) is 16.7. The predicted molar refractivity (Wildman–Crippen MR) is 106 cm³/mol. The van der Waals surface area contributed by atoms with E-state index in [1.807, 2.05) is 41.8 Å². The highest BCUT2D eigenvalue weighted by atomic mass is 79.9. The van der Waals surface area contributed by atoms with E-state index < -0.39 is 0 Å². The number of nitrogens with one attached hydrogen (secondary N) is 1. The normalized spacial score (nSPS) is 11.5. The van der Waals surface area contributed by atoms with Crippen molar-refractivity contribution in [1.29, 1.82) is 0 Å². The van der Waals surface area contributed by atoms with Gasteiger partial charge in [0.05, 0.1) is 18.3 Å². The molecule has 130 valence electrons. The number of hydrogen-bond donors (Lipinski definition) is 2. The van der Waals surface area contributed by atoms with E-state index in [1.54, 1.807) is 13.2 Å². The van der Waals surface area contributed by atoms with Gasteiger partial charge in [-0.25, -0.2) is 4.98 Å². The Balaban J connectivity index is 1.65. The molecule has 4 aromatic rings. The van der Waals surface area contributed by atoms with Gasteiger partial charge in [0, 0.05) is 20.8 Å². The highest BCUT2D eigenvalue weighted by Crippen LogP contribution is 2.38. The number of aromatic hydroxyl groups is 1. The Morgan fingerprint density at radius 3 is 2.73 bits per heavy atom. The van der Waals surface area contributed by atoms with Crippen molar-refractivity contribution in [3.63, 3.8) is 0 Å². The highest BCUT2D eigenvalue weighted by molar-refractivity contribution is 9.10. The summed E-state index contributed by atoms with van der Waals surface area (Å²) in [5, 5.41) is 21.7. The van der Waals surface area contributed by atoms with Crippen LogP contribution in [0.5, 0.6) is 11.6 Å². The van der Waals surface area contributed by atoms with E-state index in [-0.39, 0.29) is 5.88 Å². The SMILES string of the molecule is COc1ccc2[nH]c(O)c(N=Nc3nc(-c4ccc(Br)cc4)cs3)c2c1. The van der Waals surface area contributed by atoms with Crippen molar-refractivity contribution in [3.05, 3.63) is 52.3 Å². The second kappa shape index (κ2) is 6.89. The van der Waals surface area contributed by atoms with Crippen molar-refractivity contribution < 1.29 is 9.84 Å². The number of azo groups is 1. The lowest BCUT2D eigenvalue weighted by Gasteiger charge is -1.98. The molecule has 0 aliphatic heterocycles. The van der Waals surface area contributed by atoms with Crippen LogP contribution < -0.4 is 4.74 Å². The number of aromatic nitrogens is 2. The minimum absolute atomic E-state index is 0.0401. The molecule has 6 nitrogen and oxygen atoms in total. The van der Waals surface area contributed by atoms with Crippen LogP contribution in [0.2, 0.25) is 0 Å². The lowest BCUT2D eigenvalue weighted by molar-refractivity contribution is 0.415. The van der Waals surface area contributed by atoms with Gasteiger partial charge in [0.2, 0.25) is 11.0 Å². The molecule has 0 fully saturated rings. The molecule has 2 aromatic carbocycles. The van der Waals surface area contributed by atoms with Crippen LogP contribution in [-0.4, -0.2) is 22.2 Å². The van der Waals surface area contributed by atoms with Crippen LogP contribution in [-0.2, 0) is 0 Å². The molecule has 0 bridgehead atoms. The van der Waals surface area contributed by atoms with Crippen LogP contribution in [0.15, 0.2) is 62.5 Å². The molecule has 2 aromatic heterocycles. The third kappa shape index (κ3) is 3.21. The van der Waals surface area contributed by atoms with Gasteiger partial charge in [-0.2, -0.15) is 0 Å². The fourth-order valence-electron chi connectivity index (χ4n) is 2.53. The molecule has 2 heterocycles. The third-order valence-corrected chi connectivity index (χ3v) is 5.08. The Hall–Kier alpha value is -2.71. The van der Waals surface area contributed by atoms with Crippen molar-refractivity contribution in [1.82, 2.24) is 9.97 Å². The minimum atomic E-state index is -0.0401. The van der Waals surface area contributed by atoms with Crippen LogP contribution >= 0.6 is 27.3 Å². The monoisotopic (exact) mass is 428 g/mol. The number of nitrogens with zero attached hydrogens (tertiary/aromatic N) is 3. The molecule has 0 atom stereocenters. The molecule has 0 spiro atoms. The van der Waals surface area contributed by atoms with E-state index in [1.165, 1.54) is 11.3 Å². The molecular formula is C18H13BrN4O2S. The maximum Gasteiger partial charge on any atom is 0.230 e. The first-order valence-electron chi connectivity index (χ1n) is 7.66. The number of halogens is 1. The number of methoxy groups -OCH3 is 1. The fraction of sp³-hybridized carbons (Fsp3) is 0.0556. The van der Waals surface area contributed by atoms with Gasteiger partial charge in [0.15, 0.2) is 5.69 Å². The zero-order chi connectivity index (χ0) is 18.1. The quantitative estimate of drug-likeness (QED) is 0.380. The molecule has 0 saturated heterocycles. The summed E-state index contributed by atoms with van der Waals surface area (Å²) >= 11 is 4.81. The summed E-state index contributed by atoms with van der Waals surface area (Å²) in [4.78, 5) is 7.36. The maximum absolute atomic E-state index is 10.1. The first-order chi connectivity index (χ1) is 12.6. The largest absolute Gasteiger partial charge is 0.497 e. The number of ether oxygens (including phenoxy) is 1. The predicted octanol–water partition coefficient (Wildman–Crippen LogP) is 6.18. The van der Waals surface area contributed by atoms with E-state index in [9.17, 15) is 5.11 Å². The first-order valence-corrected chi connectivity index (χ1v) is 9.33. The lowest BCUT2D eigenvalue weighted by atomic mass is 10.2. The van der Waals surface area contributed by atoms with Gasteiger partial charge in [-0.3, -0.25) is 0 Å². The number of hydrogen-bond acceptors (Lipinski definition) is 6. The summed E-state index contributed by atoms with van der Waals surface area (Å²) < 4.78 is 6.24. The molecular weight excluding hydrogens is 416 g/mol. The summed E-state index contributed by atoms with van der Waals surface area (Å²) in [7, 11) is 1.59. The van der Waals surface area contributed by atoms with Crippen LogP contribution in [0.3, 0.4) is 0 Å². The van der Waals surface area contributed by atoms with Crippen molar-refractivity contribution in [2.45, 2.75) is 0 Å². The zero-order valence-electron chi connectivity index (χ0n) is 13.6. The van der Waals surface area contributed by atoms with Crippen molar-refractivity contribution in [2.24, 2.45) is 10.2 Å². The second-order valence-electron chi connectivity index (χ2n) is 5.46. The fourth-order valence-corrected chi connectivity index (χ4v) is 3.44. The van der Waals surface area contributed by atoms with E-state index in [0.717, 1.165) is 26.6 Å². The van der Waals surface area contributed by atoms with Crippen LogP contribution in [0.1, 0.15) is 0 Å². The molecule has 26 heavy (non-hydrogen) atoms. The summed E-state index contributed by atoms with van der Waals surface area (Å²) in [5.74, 6) is 0.640. The van der Waals surface area contributed by atoms with E-state index in [0.29, 0.717) is 16.6 Å². The highest BCUT2D eigenvalue weighted by Gasteiger charge is 2.12. The number of rotatable bonds is 4. The van der Waals surface area contributed by atoms with Gasteiger partial charge >= 0.3 is 0 Å². The molecule has 0 amide bonds. The minimum Gasteiger partial charge on any atom is -0.497 e.